The average molecular weight is 243 g/mol. The minimum absolute atomic E-state index is 1.08. The Hall–Kier alpha value is -1.63. The zero-order valence-electron chi connectivity index (χ0n) is 12.3. The van der Waals surface area contributed by atoms with Crippen LogP contribution in [-0.2, 0) is 6.42 Å². The van der Waals surface area contributed by atoms with E-state index in [4.69, 9.17) is 0 Å². The van der Waals surface area contributed by atoms with Crippen LogP contribution in [0.1, 0.15) is 40.2 Å². The summed E-state index contributed by atoms with van der Waals surface area (Å²) in [5.74, 6) is 0. The first kappa shape index (κ1) is 16.4. The molecule has 0 radical (unpaired) electrons. The van der Waals surface area contributed by atoms with E-state index in [0.29, 0.717) is 0 Å². The Morgan fingerprint density at radius 2 is 1.44 bits per heavy atom. The number of aromatic nitrogens is 1. The normalized spacial score (nSPS) is 8.50. The second kappa shape index (κ2) is 10.5. The molecule has 0 bridgehead atoms. The van der Waals surface area contributed by atoms with Crippen LogP contribution in [0.25, 0.3) is 11.1 Å². The van der Waals surface area contributed by atoms with Crippen molar-refractivity contribution in [3.05, 3.63) is 54.4 Å². The van der Waals surface area contributed by atoms with Crippen molar-refractivity contribution in [1.82, 2.24) is 4.98 Å². The molecule has 2 aromatic rings. The first-order chi connectivity index (χ1) is 8.90. The molecule has 1 heteroatoms. The molecule has 0 unspecified atom stereocenters. The van der Waals surface area contributed by atoms with Crippen LogP contribution in [0.4, 0.5) is 0 Å². The molecule has 2 rings (SSSR count). The topological polar surface area (TPSA) is 12.9 Å². The number of pyridine rings is 1. The smallest absolute Gasteiger partial charge is 0.0273 e. The molecule has 0 saturated heterocycles. The molecule has 1 aromatic heterocycles. The van der Waals surface area contributed by atoms with Gasteiger partial charge in [-0.15, -0.1) is 0 Å². The lowest BCUT2D eigenvalue weighted by molar-refractivity contribution is 1.14. The predicted molar refractivity (Wildman–Crippen MR) is 81.7 cm³/mol. The molecule has 0 N–H and O–H groups in total. The first-order valence-corrected chi connectivity index (χ1v) is 6.89. The highest BCUT2D eigenvalue weighted by Crippen LogP contribution is 2.19. The van der Waals surface area contributed by atoms with Crippen molar-refractivity contribution in [2.75, 3.05) is 0 Å². The van der Waals surface area contributed by atoms with Gasteiger partial charge in [-0.1, -0.05) is 58.9 Å². The second-order valence-electron chi connectivity index (χ2n) is 3.29. The molecule has 0 atom stereocenters. The van der Waals surface area contributed by atoms with Crippen LogP contribution in [-0.4, -0.2) is 4.98 Å². The van der Waals surface area contributed by atoms with Crippen molar-refractivity contribution in [3.63, 3.8) is 0 Å². The van der Waals surface area contributed by atoms with Gasteiger partial charge in [-0.05, 0) is 35.2 Å². The van der Waals surface area contributed by atoms with E-state index in [9.17, 15) is 0 Å². The highest BCUT2D eigenvalue weighted by Gasteiger charge is 1.96. The minimum Gasteiger partial charge on any atom is -0.265 e. The van der Waals surface area contributed by atoms with Crippen LogP contribution >= 0.6 is 0 Å². The number of hydrogen-bond acceptors (Lipinski definition) is 1. The highest BCUT2D eigenvalue weighted by molar-refractivity contribution is 5.63. The molecule has 1 aromatic carbocycles. The predicted octanol–water partition coefficient (Wildman–Crippen LogP) is 5.36. The SMILES string of the molecule is CC.CC.CCc1cccc(-c2ccncc2)c1. The zero-order valence-corrected chi connectivity index (χ0v) is 12.3. The van der Waals surface area contributed by atoms with Crippen molar-refractivity contribution in [2.45, 2.75) is 41.0 Å². The van der Waals surface area contributed by atoms with Gasteiger partial charge in [0.15, 0.2) is 0 Å². The number of hydrogen-bond donors (Lipinski definition) is 0. The maximum absolute atomic E-state index is 4.01. The van der Waals surface area contributed by atoms with Gasteiger partial charge in [0, 0.05) is 12.4 Å². The van der Waals surface area contributed by atoms with Crippen LogP contribution in [0.3, 0.4) is 0 Å². The molecule has 0 amide bonds. The third kappa shape index (κ3) is 5.13. The minimum atomic E-state index is 1.08. The fraction of sp³-hybridized carbons (Fsp3) is 0.353. The lowest BCUT2D eigenvalue weighted by Crippen LogP contribution is -1.82. The van der Waals surface area contributed by atoms with Gasteiger partial charge in [0.1, 0.15) is 0 Å². The summed E-state index contributed by atoms with van der Waals surface area (Å²) in [6.07, 6.45) is 4.74. The third-order valence-corrected chi connectivity index (χ3v) is 2.35. The number of aryl methyl sites for hydroxylation is 1. The first-order valence-electron chi connectivity index (χ1n) is 6.89. The summed E-state index contributed by atoms with van der Waals surface area (Å²) in [5.41, 5.74) is 3.88. The molecule has 0 spiro atoms. The molecular formula is C17H25N. The number of nitrogens with zero attached hydrogens (tertiary/aromatic N) is 1. The van der Waals surface area contributed by atoms with Gasteiger partial charge in [0.2, 0.25) is 0 Å². The standard InChI is InChI=1S/C13H13N.2C2H6/c1-2-11-4-3-5-13(10-11)12-6-8-14-9-7-12;2*1-2/h3-10H,2H2,1H3;2*1-2H3. The third-order valence-electron chi connectivity index (χ3n) is 2.35. The summed E-state index contributed by atoms with van der Waals surface area (Å²) < 4.78 is 0. The van der Waals surface area contributed by atoms with E-state index in [1.54, 1.807) is 0 Å². The zero-order chi connectivity index (χ0) is 13.8. The van der Waals surface area contributed by atoms with Crippen LogP contribution in [0.2, 0.25) is 0 Å². The molecule has 1 heterocycles. The summed E-state index contributed by atoms with van der Waals surface area (Å²) in [6, 6.07) is 12.7. The maximum Gasteiger partial charge on any atom is 0.0273 e. The van der Waals surface area contributed by atoms with Crippen molar-refractivity contribution in [2.24, 2.45) is 0 Å². The monoisotopic (exact) mass is 243 g/mol. The van der Waals surface area contributed by atoms with E-state index in [0.717, 1.165) is 6.42 Å². The Bertz CT molecular complexity index is 407. The van der Waals surface area contributed by atoms with E-state index < -0.39 is 0 Å². The summed E-state index contributed by atoms with van der Waals surface area (Å²) in [7, 11) is 0. The molecule has 98 valence electrons. The molecule has 0 saturated carbocycles. The molecule has 0 aliphatic rings. The largest absolute Gasteiger partial charge is 0.265 e. The van der Waals surface area contributed by atoms with Crippen LogP contribution < -0.4 is 0 Å². The summed E-state index contributed by atoms with van der Waals surface area (Å²) >= 11 is 0. The van der Waals surface area contributed by atoms with Crippen LogP contribution in [0.5, 0.6) is 0 Å². The van der Waals surface area contributed by atoms with Crippen molar-refractivity contribution < 1.29 is 0 Å². The van der Waals surface area contributed by atoms with E-state index in [2.05, 4.69) is 36.2 Å². The van der Waals surface area contributed by atoms with Crippen molar-refractivity contribution in [3.8, 4) is 11.1 Å². The average Bonchev–Trinajstić information content (AvgIpc) is 2.52. The Morgan fingerprint density at radius 3 is 2.00 bits per heavy atom. The van der Waals surface area contributed by atoms with Crippen molar-refractivity contribution in [1.29, 1.82) is 0 Å². The Labute approximate surface area is 112 Å². The van der Waals surface area contributed by atoms with Gasteiger partial charge in [0.25, 0.3) is 0 Å². The van der Waals surface area contributed by atoms with Gasteiger partial charge in [0.05, 0.1) is 0 Å². The lowest BCUT2D eigenvalue weighted by Gasteiger charge is -2.02. The Morgan fingerprint density at radius 1 is 0.833 bits per heavy atom. The Kier molecular flexibility index (Phi) is 9.57. The fourth-order valence-electron chi connectivity index (χ4n) is 1.52. The molecular weight excluding hydrogens is 218 g/mol. The van der Waals surface area contributed by atoms with Gasteiger partial charge in [-0.25, -0.2) is 0 Å². The quantitative estimate of drug-likeness (QED) is 0.691. The lowest BCUT2D eigenvalue weighted by atomic mass is 10.0. The van der Waals surface area contributed by atoms with Crippen molar-refractivity contribution >= 4 is 0 Å². The molecule has 1 nitrogen and oxygen atoms in total. The number of rotatable bonds is 2. The van der Waals surface area contributed by atoms with Gasteiger partial charge in [-0.2, -0.15) is 0 Å². The van der Waals surface area contributed by atoms with Crippen LogP contribution in [0.15, 0.2) is 48.8 Å². The van der Waals surface area contributed by atoms with E-state index in [1.165, 1.54) is 16.7 Å². The van der Waals surface area contributed by atoms with E-state index in [1.807, 2.05) is 52.2 Å². The van der Waals surface area contributed by atoms with Gasteiger partial charge in [-0.3, -0.25) is 4.98 Å². The summed E-state index contributed by atoms with van der Waals surface area (Å²) in [6.45, 7) is 10.2. The molecule has 0 fully saturated rings. The summed E-state index contributed by atoms with van der Waals surface area (Å²) in [5, 5.41) is 0. The van der Waals surface area contributed by atoms with Gasteiger partial charge >= 0.3 is 0 Å². The fourth-order valence-corrected chi connectivity index (χ4v) is 1.52. The molecule has 18 heavy (non-hydrogen) atoms. The van der Waals surface area contributed by atoms with E-state index >= 15 is 0 Å². The Balaban J connectivity index is 0.000000659. The van der Waals surface area contributed by atoms with Crippen LogP contribution in [0, 0.1) is 0 Å². The molecule has 0 aliphatic heterocycles. The number of benzene rings is 1. The summed E-state index contributed by atoms with van der Waals surface area (Å²) in [4.78, 5) is 4.01. The highest BCUT2D eigenvalue weighted by atomic mass is 14.6. The van der Waals surface area contributed by atoms with E-state index in [-0.39, 0.29) is 0 Å². The molecule has 0 aliphatic carbocycles. The second-order valence-corrected chi connectivity index (χ2v) is 3.29. The van der Waals surface area contributed by atoms with Gasteiger partial charge < -0.3 is 0 Å². The maximum atomic E-state index is 4.01.